The van der Waals surface area contributed by atoms with Gasteiger partial charge in [0.25, 0.3) is 0 Å². The minimum atomic E-state index is -1.02. The van der Waals surface area contributed by atoms with Gasteiger partial charge in [0, 0.05) is 41.0 Å². The van der Waals surface area contributed by atoms with Crippen molar-refractivity contribution in [2.75, 3.05) is 0 Å². The molecule has 0 unspecified atom stereocenters. The van der Waals surface area contributed by atoms with Crippen LogP contribution in [-0.4, -0.2) is 42.1 Å². The number of phenols is 1. The van der Waals surface area contributed by atoms with E-state index in [1.807, 2.05) is 23.6 Å². The summed E-state index contributed by atoms with van der Waals surface area (Å²) >= 11 is 0. The van der Waals surface area contributed by atoms with Crippen LogP contribution >= 0.6 is 0 Å². The van der Waals surface area contributed by atoms with Gasteiger partial charge in [-0.3, -0.25) is 0 Å². The van der Waals surface area contributed by atoms with Crippen LogP contribution in [0.4, 0.5) is 4.39 Å². The van der Waals surface area contributed by atoms with Gasteiger partial charge in [-0.25, -0.2) is 9.37 Å². The quantitative estimate of drug-likeness (QED) is 0.659. The minimum Gasteiger partial charge on any atom is -0.507 e. The third kappa shape index (κ3) is 3.33. The molecule has 1 aromatic carbocycles. The standard InChI is InChI=1S/C24H26FN5O/c1-15(18-13-23(2)8-9-24(3,29-23)22(18)25)19-6-7-20(28-27-19)17-5-4-16(12-21(17)31)30-11-10-26-14-30/h4-7,10-12,14,18,22,29,31H,1,8-9,13H2,2-3H3/t18-,22-,23+,24-/m1/s1. The third-order valence-electron chi connectivity index (χ3n) is 6.92. The fourth-order valence-electron chi connectivity index (χ4n) is 5.19. The Hall–Kier alpha value is -3.06. The zero-order valence-corrected chi connectivity index (χ0v) is 17.7. The molecule has 2 bridgehead atoms. The average Bonchev–Trinajstić information content (AvgIpc) is 3.38. The van der Waals surface area contributed by atoms with E-state index >= 15 is 4.39 Å². The van der Waals surface area contributed by atoms with E-state index in [0.29, 0.717) is 28.9 Å². The highest BCUT2D eigenvalue weighted by molar-refractivity contribution is 5.70. The van der Waals surface area contributed by atoms with Gasteiger partial charge in [0.1, 0.15) is 11.9 Å². The number of imidazole rings is 1. The lowest BCUT2D eigenvalue weighted by atomic mass is 9.75. The normalized spacial score (nSPS) is 29.8. The molecule has 0 aliphatic carbocycles. The summed E-state index contributed by atoms with van der Waals surface area (Å²) in [6, 6.07) is 8.95. The van der Waals surface area contributed by atoms with Gasteiger partial charge in [-0.15, -0.1) is 5.10 Å². The van der Waals surface area contributed by atoms with Crippen LogP contribution in [0.3, 0.4) is 0 Å². The lowest BCUT2D eigenvalue weighted by molar-refractivity contribution is 0.0770. The largest absolute Gasteiger partial charge is 0.507 e. The van der Waals surface area contributed by atoms with Crippen LogP contribution in [0, 0.1) is 5.92 Å². The van der Waals surface area contributed by atoms with Crippen LogP contribution in [0.15, 0.2) is 55.6 Å². The van der Waals surface area contributed by atoms with E-state index < -0.39 is 11.7 Å². The Labute approximate surface area is 180 Å². The van der Waals surface area contributed by atoms with Crippen molar-refractivity contribution in [1.82, 2.24) is 25.1 Å². The fourth-order valence-corrected chi connectivity index (χ4v) is 5.19. The van der Waals surface area contributed by atoms with Crippen LogP contribution < -0.4 is 5.32 Å². The minimum absolute atomic E-state index is 0.0684. The van der Waals surface area contributed by atoms with Crippen molar-refractivity contribution >= 4 is 5.57 Å². The van der Waals surface area contributed by atoms with E-state index in [4.69, 9.17) is 0 Å². The zero-order valence-electron chi connectivity index (χ0n) is 17.7. The highest BCUT2D eigenvalue weighted by atomic mass is 19.1. The first-order valence-electron chi connectivity index (χ1n) is 10.6. The van der Waals surface area contributed by atoms with Crippen molar-refractivity contribution in [2.45, 2.75) is 50.4 Å². The van der Waals surface area contributed by atoms with Gasteiger partial charge >= 0.3 is 0 Å². The molecule has 3 aromatic rings. The lowest BCUT2D eigenvalue weighted by Crippen LogP contribution is -2.60. The second-order valence-electron chi connectivity index (χ2n) is 9.32. The summed E-state index contributed by atoms with van der Waals surface area (Å²) in [5.74, 6) is -0.187. The summed E-state index contributed by atoms with van der Waals surface area (Å²) in [5.41, 5.74) is 2.63. The van der Waals surface area contributed by atoms with Gasteiger partial charge in [0.05, 0.1) is 23.4 Å². The van der Waals surface area contributed by atoms with Crippen molar-refractivity contribution < 1.29 is 9.50 Å². The summed E-state index contributed by atoms with van der Waals surface area (Å²) in [6.07, 6.45) is 6.62. The Morgan fingerprint density at radius 3 is 2.74 bits per heavy atom. The van der Waals surface area contributed by atoms with Crippen molar-refractivity contribution in [1.29, 1.82) is 0 Å². The van der Waals surface area contributed by atoms with Crippen molar-refractivity contribution in [3.05, 3.63) is 61.3 Å². The summed E-state index contributed by atoms with van der Waals surface area (Å²) < 4.78 is 17.2. The predicted molar refractivity (Wildman–Crippen MR) is 117 cm³/mol. The SMILES string of the molecule is C=C(c1ccc(-c2ccc(-n3ccnc3)cc2O)nn1)[C@H]1C[C@]2(C)CC[C@@](C)(N2)[C@@H]1F. The van der Waals surface area contributed by atoms with Crippen molar-refractivity contribution in [3.8, 4) is 22.7 Å². The van der Waals surface area contributed by atoms with Gasteiger partial charge in [0.15, 0.2) is 0 Å². The average molecular weight is 420 g/mol. The topological polar surface area (TPSA) is 75.9 Å². The molecule has 4 atom stereocenters. The number of rotatable bonds is 4. The van der Waals surface area contributed by atoms with E-state index in [1.54, 1.807) is 36.9 Å². The fraction of sp³-hybridized carbons (Fsp3) is 0.375. The molecule has 4 heterocycles. The first kappa shape index (κ1) is 19.9. The number of hydrogen-bond acceptors (Lipinski definition) is 5. The van der Waals surface area contributed by atoms with Crippen molar-refractivity contribution in [2.24, 2.45) is 5.92 Å². The number of nitrogens with one attached hydrogen (secondary N) is 1. The molecule has 2 aliphatic heterocycles. The van der Waals surface area contributed by atoms with Crippen molar-refractivity contribution in [3.63, 3.8) is 0 Å². The number of nitrogens with zero attached hydrogens (tertiary/aromatic N) is 4. The van der Waals surface area contributed by atoms with E-state index in [0.717, 1.165) is 18.5 Å². The number of phenolic OH excluding ortho intramolecular Hbond substituents is 1. The van der Waals surface area contributed by atoms with Gasteiger partial charge in [-0.05, 0) is 62.9 Å². The predicted octanol–water partition coefficient (Wildman–Crippen LogP) is 4.31. The molecule has 160 valence electrons. The molecular weight excluding hydrogens is 393 g/mol. The number of hydrogen-bond donors (Lipinski definition) is 2. The molecule has 2 aliphatic rings. The molecule has 0 amide bonds. The summed E-state index contributed by atoms with van der Waals surface area (Å²) in [6.45, 7) is 8.32. The Kier molecular flexibility index (Phi) is 4.48. The van der Waals surface area contributed by atoms with Gasteiger partial charge in [-0.1, -0.05) is 6.58 Å². The van der Waals surface area contributed by atoms with Crippen LogP contribution in [-0.2, 0) is 0 Å². The van der Waals surface area contributed by atoms with E-state index in [-0.39, 0.29) is 17.2 Å². The van der Waals surface area contributed by atoms with E-state index in [9.17, 15) is 5.11 Å². The number of benzene rings is 1. The van der Waals surface area contributed by atoms with Crippen LogP contribution in [0.1, 0.15) is 38.8 Å². The molecule has 5 rings (SSSR count). The van der Waals surface area contributed by atoms with E-state index in [1.165, 1.54) is 0 Å². The van der Waals surface area contributed by atoms with Gasteiger partial charge < -0.3 is 15.0 Å². The molecule has 6 nitrogen and oxygen atoms in total. The number of fused-ring (bicyclic) bond motifs is 2. The van der Waals surface area contributed by atoms with Crippen LogP contribution in [0.25, 0.3) is 22.5 Å². The number of alkyl halides is 1. The Morgan fingerprint density at radius 2 is 2.06 bits per heavy atom. The second kappa shape index (κ2) is 6.99. The van der Waals surface area contributed by atoms with Gasteiger partial charge in [0.2, 0.25) is 0 Å². The maximum atomic E-state index is 15.4. The monoisotopic (exact) mass is 419 g/mol. The Balaban J connectivity index is 1.39. The number of allylic oxidation sites excluding steroid dienone is 1. The molecule has 2 N–H and O–H groups in total. The molecule has 2 saturated heterocycles. The summed E-state index contributed by atoms with van der Waals surface area (Å²) in [7, 11) is 0. The second-order valence-corrected chi connectivity index (χ2v) is 9.32. The lowest BCUT2D eigenvalue weighted by Gasteiger charge is -2.45. The molecule has 0 saturated carbocycles. The Bertz CT molecular complexity index is 1130. The first-order valence-corrected chi connectivity index (χ1v) is 10.6. The summed E-state index contributed by atoms with van der Waals surface area (Å²) in [4.78, 5) is 4.02. The third-order valence-corrected chi connectivity index (χ3v) is 6.92. The van der Waals surface area contributed by atoms with Crippen LogP contribution in [0.5, 0.6) is 5.75 Å². The molecule has 0 spiro atoms. The molecule has 7 heteroatoms. The number of halogens is 1. The van der Waals surface area contributed by atoms with Crippen LogP contribution in [0.2, 0.25) is 0 Å². The smallest absolute Gasteiger partial charge is 0.127 e. The maximum absolute atomic E-state index is 15.4. The molecular formula is C24H26FN5O. The highest BCUT2D eigenvalue weighted by Crippen LogP contribution is 2.49. The molecule has 31 heavy (non-hydrogen) atoms. The molecule has 2 aromatic heterocycles. The molecule has 0 radical (unpaired) electrons. The number of aromatic nitrogens is 4. The number of aromatic hydroxyl groups is 1. The first-order chi connectivity index (χ1) is 14.8. The zero-order chi connectivity index (χ0) is 21.8. The number of piperidine rings is 1. The maximum Gasteiger partial charge on any atom is 0.127 e. The molecule has 2 fully saturated rings. The van der Waals surface area contributed by atoms with E-state index in [2.05, 4.69) is 34.0 Å². The Morgan fingerprint density at radius 1 is 1.23 bits per heavy atom. The highest BCUT2D eigenvalue weighted by Gasteiger charge is 2.55. The summed E-state index contributed by atoms with van der Waals surface area (Å²) in [5, 5.41) is 22.6. The van der Waals surface area contributed by atoms with Gasteiger partial charge in [-0.2, -0.15) is 5.10 Å².